The molecule has 1 saturated carbocycles. The summed E-state index contributed by atoms with van der Waals surface area (Å²) in [5, 5.41) is 22.5. The van der Waals surface area contributed by atoms with Gasteiger partial charge in [-0.25, -0.2) is 9.59 Å². The van der Waals surface area contributed by atoms with Crippen molar-refractivity contribution in [2.75, 3.05) is 0 Å². The predicted molar refractivity (Wildman–Crippen MR) is 144 cm³/mol. The van der Waals surface area contributed by atoms with Gasteiger partial charge in [0.05, 0.1) is 29.9 Å². The van der Waals surface area contributed by atoms with Gasteiger partial charge in [0.15, 0.2) is 0 Å². The number of ether oxygens (including phenoxy) is 2. The highest BCUT2D eigenvalue weighted by Crippen LogP contribution is 2.40. The zero-order chi connectivity index (χ0) is 27.4. The average molecular weight is 648 g/mol. The summed E-state index contributed by atoms with van der Waals surface area (Å²) in [6, 6.07) is 12.5. The fourth-order valence-electron chi connectivity index (χ4n) is 4.30. The molecule has 0 radical (unpaired) electrons. The normalized spacial score (nSPS) is 13.5. The molecule has 196 valence electrons. The summed E-state index contributed by atoms with van der Waals surface area (Å²) in [4.78, 5) is 46.9. The molecule has 0 unspecified atom stereocenters. The van der Waals surface area contributed by atoms with Crippen LogP contribution in [0.2, 0.25) is 0 Å². The number of halogens is 2. The van der Waals surface area contributed by atoms with Crippen molar-refractivity contribution >= 4 is 55.2 Å². The molecule has 3 aromatic rings. The second-order valence-electron chi connectivity index (χ2n) is 8.66. The molecular weight excluding hydrogens is 628 g/mol. The minimum absolute atomic E-state index is 0.00598. The second kappa shape index (κ2) is 11.8. The molecule has 38 heavy (non-hydrogen) atoms. The van der Waals surface area contributed by atoms with E-state index in [0.29, 0.717) is 5.56 Å². The Hall–Kier alpha value is -3.64. The number of nitro benzene ring substituents is 2. The Morgan fingerprint density at radius 2 is 1.26 bits per heavy atom. The molecule has 0 atom stereocenters. The zero-order valence-corrected chi connectivity index (χ0v) is 22.9. The van der Waals surface area contributed by atoms with E-state index in [9.17, 15) is 29.8 Å². The van der Waals surface area contributed by atoms with E-state index >= 15 is 0 Å². The molecular formula is C26H20Br2N2O8. The van der Waals surface area contributed by atoms with Gasteiger partial charge in [0.1, 0.15) is 11.5 Å². The van der Waals surface area contributed by atoms with E-state index in [-0.39, 0.29) is 48.9 Å². The van der Waals surface area contributed by atoms with Crippen LogP contribution in [0.5, 0.6) is 11.5 Å². The third-order valence-electron chi connectivity index (χ3n) is 6.20. The predicted octanol–water partition coefficient (Wildman–Crippen LogP) is 7.51. The highest BCUT2D eigenvalue weighted by Gasteiger charge is 2.24. The Balaban J connectivity index is 1.61. The standard InChI is InChI=1S/C26H20Br2N2O8/c27-20-9-6-16(12-22(20)29(33)34)25(31)37-18-8-11-24(19(14-18)15-4-2-1-3-5-15)38-26(32)17-7-10-21(28)23(13-17)30(35)36/h6-15H,1-5H2. The molecule has 3 aromatic carbocycles. The number of nitrogens with zero attached hydrogens (tertiary/aromatic N) is 2. The van der Waals surface area contributed by atoms with E-state index in [2.05, 4.69) is 31.9 Å². The quantitative estimate of drug-likeness (QED) is 0.111. The number of carbonyl (C=O) groups excluding carboxylic acids is 2. The Kier molecular flexibility index (Phi) is 8.52. The SMILES string of the molecule is O=C(Oc1ccc(OC(=O)c2ccc(Br)c([N+](=O)[O-])c2)c(C2CCCCC2)c1)c1ccc(Br)c([N+](=O)[O-])c1. The van der Waals surface area contributed by atoms with E-state index in [1.165, 1.54) is 36.4 Å². The molecule has 0 bridgehead atoms. The van der Waals surface area contributed by atoms with E-state index in [1.807, 2.05) is 0 Å². The smallest absolute Gasteiger partial charge is 0.343 e. The van der Waals surface area contributed by atoms with Gasteiger partial charge in [-0.15, -0.1) is 0 Å². The summed E-state index contributed by atoms with van der Waals surface area (Å²) in [5.74, 6) is -1.02. The summed E-state index contributed by atoms with van der Waals surface area (Å²) in [7, 11) is 0. The highest BCUT2D eigenvalue weighted by atomic mass is 79.9. The lowest BCUT2D eigenvalue weighted by Gasteiger charge is -2.24. The van der Waals surface area contributed by atoms with E-state index < -0.39 is 21.8 Å². The van der Waals surface area contributed by atoms with Crippen LogP contribution in [-0.4, -0.2) is 21.8 Å². The van der Waals surface area contributed by atoms with Crippen molar-refractivity contribution < 1.29 is 28.9 Å². The van der Waals surface area contributed by atoms with Crippen LogP contribution in [0.15, 0.2) is 63.5 Å². The largest absolute Gasteiger partial charge is 0.423 e. The molecule has 0 amide bonds. The van der Waals surface area contributed by atoms with Crippen LogP contribution < -0.4 is 9.47 Å². The number of esters is 2. The van der Waals surface area contributed by atoms with Crippen LogP contribution in [-0.2, 0) is 0 Å². The van der Waals surface area contributed by atoms with Crippen molar-refractivity contribution in [3.8, 4) is 11.5 Å². The fourth-order valence-corrected chi connectivity index (χ4v) is 5.08. The molecule has 0 aliphatic heterocycles. The van der Waals surface area contributed by atoms with Gasteiger partial charge < -0.3 is 9.47 Å². The number of hydrogen-bond acceptors (Lipinski definition) is 8. The summed E-state index contributed by atoms with van der Waals surface area (Å²) < 4.78 is 11.6. The van der Waals surface area contributed by atoms with Gasteiger partial charge in [0.25, 0.3) is 11.4 Å². The number of hydrogen-bond donors (Lipinski definition) is 0. The lowest BCUT2D eigenvalue weighted by Crippen LogP contribution is -2.14. The van der Waals surface area contributed by atoms with Crippen molar-refractivity contribution in [3.05, 3.63) is 100 Å². The van der Waals surface area contributed by atoms with E-state index in [1.54, 1.807) is 6.07 Å². The summed E-state index contributed by atoms with van der Waals surface area (Å²) in [6.45, 7) is 0. The van der Waals surface area contributed by atoms with Crippen molar-refractivity contribution in [1.82, 2.24) is 0 Å². The summed E-state index contributed by atoms with van der Waals surface area (Å²) in [6.07, 6.45) is 4.77. The Bertz CT molecular complexity index is 1440. The van der Waals surface area contributed by atoms with E-state index in [4.69, 9.17) is 9.47 Å². The highest BCUT2D eigenvalue weighted by molar-refractivity contribution is 9.11. The first kappa shape index (κ1) is 27.4. The van der Waals surface area contributed by atoms with Crippen LogP contribution >= 0.6 is 31.9 Å². The van der Waals surface area contributed by atoms with Gasteiger partial charge in [-0.2, -0.15) is 0 Å². The molecule has 12 heteroatoms. The first-order valence-corrected chi connectivity index (χ1v) is 13.2. The monoisotopic (exact) mass is 646 g/mol. The third kappa shape index (κ3) is 6.25. The fraction of sp³-hybridized carbons (Fsp3) is 0.231. The zero-order valence-electron chi connectivity index (χ0n) is 19.7. The van der Waals surface area contributed by atoms with Crippen molar-refractivity contribution in [2.45, 2.75) is 38.0 Å². The number of rotatable bonds is 7. The molecule has 0 aromatic heterocycles. The third-order valence-corrected chi connectivity index (χ3v) is 7.54. The number of nitro groups is 2. The van der Waals surface area contributed by atoms with Crippen molar-refractivity contribution in [2.24, 2.45) is 0 Å². The molecule has 1 aliphatic rings. The topological polar surface area (TPSA) is 139 Å². The lowest BCUT2D eigenvalue weighted by molar-refractivity contribution is -0.385. The maximum absolute atomic E-state index is 12.9. The van der Waals surface area contributed by atoms with Crippen LogP contribution in [0.1, 0.15) is 64.3 Å². The number of benzene rings is 3. The Labute approximate surface area is 233 Å². The van der Waals surface area contributed by atoms with Gasteiger partial charge in [-0.05, 0) is 93.1 Å². The second-order valence-corrected chi connectivity index (χ2v) is 10.4. The number of carbonyl (C=O) groups is 2. The summed E-state index contributed by atoms with van der Waals surface area (Å²) >= 11 is 6.19. The average Bonchev–Trinajstić information content (AvgIpc) is 2.90. The van der Waals surface area contributed by atoms with Crippen molar-refractivity contribution in [3.63, 3.8) is 0 Å². The van der Waals surface area contributed by atoms with Gasteiger partial charge in [-0.1, -0.05) is 19.3 Å². The Morgan fingerprint density at radius 3 is 1.79 bits per heavy atom. The van der Waals surface area contributed by atoms with E-state index in [0.717, 1.165) is 44.2 Å². The maximum Gasteiger partial charge on any atom is 0.343 e. The van der Waals surface area contributed by atoms with Gasteiger partial charge in [-0.3, -0.25) is 20.2 Å². The van der Waals surface area contributed by atoms with Gasteiger partial charge >= 0.3 is 11.9 Å². The molecule has 1 fully saturated rings. The Morgan fingerprint density at radius 1 is 0.737 bits per heavy atom. The molecule has 10 nitrogen and oxygen atoms in total. The molecule has 4 rings (SSSR count). The molecule has 1 aliphatic carbocycles. The van der Waals surface area contributed by atoms with Crippen LogP contribution in [0.25, 0.3) is 0 Å². The van der Waals surface area contributed by atoms with Gasteiger partial charge in [0.2, 0.25) is 0 Å². The lowest BCUT2D eigenvalue weighted by atomic mass is 9.83. The maximum atomic E-state index is 12.9. The minimum Gasteiger partial charge on any atom is -0.423 e. The minimum atomic E-state index is -0.776. The molecule has 0 spiro atoms. The molecule has 0 N–H and O–H groups in total. The first-order valence-electron chi connectivity index (χ1n) is 11.6. The van der Waals surface area contributed by atoms with Crippen molar-refractivity contribution in [1.29, 1.82) is 0 Å². The molecule has 0 saturated heterocycles. The van der Waals surface area contributed by atoms with Crippen LogP contribution in [0.3, 0.4) is 0 Å². The summed E-state index contributed by atoms with van der Waals surface area (Å²) in [5.41, 5.74) is 0.171. The molecule has 0 heterocycles. The van der Waals surface area contributed by atoms with Crippen LogP contribution in [0, 0.1) is 20.2 Å². The first-order chi connectivity index (χ1) is 18.1. The van der Waals surface area contributed by atoms with Crippen LogP contribution in [0.4, 0.5) is 11.4 Å². The van der Waals surface area contributed by atoms with Gasteiger partial charge in [0, 0.05) is 17.7 Å².